The van der Waals surface area contributed by atoms with Crippen LogP contribution in [0, 0.1) is 0 Å². The van der Waals surface area contributed by atoms with Crippen molar-refractivity contribution in [2.45, 2.75) is 6.54 Å². The first-order valence-electron chi connectivity index (χ1n) is 10.5. The Kier molecular flexibility index (Phi) is 5.48. The van der Waals surface area contributed by atoms with Gasteiger partial charge in [-0.2, -0.15) is 0 Å². The van der Waals surface area contributed by atoms with Gasteiger partial charge in [-0.05, 0) is 48.0 Å². The summed E-state index contributed by atoms with van der Waals surface area (Å²) in [5, 5.41) is 7.44. The first kappa shape index (κ1) is 19.5. The number of anilines is 1. The standard InChI is InChI=1S/C25H24N4O2/c30-25(19-4-3-9-27-16-19)28-22-6-2-1-5-21(22)24-15-20-14-18(7-8-23(20)31-24)17-29-12-10-26-11-13-29/h1-9,14-16,26H,10-13,17H2,(H,28,30). The summed E-state index contributed by atoms with van der Waals surface area (Å²) in [7, 11) is 0. The van der Waals surface area contributed by atoms with Crippen LogP contribution < -0.4 is 10.6 Å². The Bertz CT molecular complexity index is 1200. The molecular formula is C25H24N4O2. The molecule has 1 saturated heterocycles. The van der Waals surface area contributed by atoms with Gasteiger partial charge in [-0.25, -0.2) is 0 Å². The van der Waals surface area contributed by atoms with E-state index >= 15 is 0 Å². The van der Waals surface area contributed by atoms with Crippen molar-refractivity contribution in [3.05, 3.63) is 84.2 Å². The van der Waals surface area contributed by atoms with E-state index < -0.39 is 0 Å². The van der Waals surface area contributed by atoms with E-state index in [0.717, 1.165) is 55.0 Å². The van der Waals surface area contributed by atoms with Crippen LogP contribution in [0.25, 0.3) is 22.3 Å². The van der Waals surface area contributed by atoms with Gasteiger partial charge < -0.3 is 15.1 Å². The molecule has 0 unspecified atom stereocenters. The largest absolute Gasteiger partial charge is 0.456 e. The molecule has 6 nitrogen and oxygen atoms in total. The molecule has 0 spiro atoms. The number of amides is 1. The Morgan fingerprint density at radius 1 is 1.06 bits per heavy atom. The highest BCUT2D eigenvalue weighted by atomic mass is 16.3. The highest BCUT2D eigenvalue weighted by molar-refractivity contribution is 6.06. The minimum absolute atomic E-state index is 0.199. The van der Waals surface area contributed by atoms with Gasteiger partial charge in [0.1, 0.15) is 11.3 Å². The maximum Gasteiger partial charge on any atom is 0.257 e. The zero-order valence-corrected chi connectivity index (χ0v) is 17.2. The number of benzene rings is 2. The second-order valence-electron chi connectivity index (χ2n) is 7.75. The zero-order valence-electron chi connectivity index (χ0n) is 17.2. The predicted molar refractivity (Wildman–Crippen MR) is 122 cm³/mol. The maximum absolute atomic E-state index is 12.6. The van der Waals surface area contributed by atoms with Crippen molar-refractivity contribution in [1.82, 2.24) is 15.2 Å². The van der Waals surface area contributed by atoms with Crippen molar-refractivity contribution in [2.75, 3.05) is 31.5 Å². The first-order valence-corrected chi connectivity index (χ1v) is 10.5. The monoisotopic (exact) mass is 412 g/mol. The van der Waals surface area contributed by atoms with Crippen molar-refractivity contribution >= 4 is 22.6 Å². The van der Waals surface area contributed by atoms with Gasteiger partial charge in [0, 0.05) is 56.1 Å². The summed E-state index contributed by atoms with van der Waals surface area (Å²) in [6.45, 7) is 5.16. The van der Waals surface area contributed by atoms with E-state index in [1.54, 1.807) is 24.5 Å². The van der Waals surface area contributed by atoms with Gasteiger partial charge in [0.15, 0.2) is 0 Å². The normalized spacial score (nSPS) is 14.6. The van der Waals surface area contributed by atoms with Crippen LogP contribution in [0.3, 0.4) is 0 Å². The molecule has 4 aromatic rings. The molecule has 1 aliphatic rings. The summed E-state index contributed by atoms with van der Waals surface area (Å²) in [5.41, 5.74) is 4.18. The molecule has 2 aromatic carbocycles. The van der Waals surface area contributed by atoms with Crippen LogP contribution in [0.2, 0.25) is 0 Å². The summed E-state index contributed by atoms with van der Waals surface area (Å²) in [4.78, 5) is 19.1. The number of fused-ring (bicyclic) bond motifs is 1. The van der Waals surface area contributed by atoms with Gasteiger partial charge in [-0.3, -0.25) is 14.7 Å². The third-order valence-corrected chi connectivity index (χ3v) is 5.56. The molecule has 1 amide bonds. The van der Waals surface area contributed by atoms with Crippen molar-refractivity contribution < 1.29 is 9.21 Å². The number of aromatic nitrogens is 1. The Morgan fingerprint density at radius 2 is 1.94 bits per heavy atom. The number of rotatable bonds is 5. The van der Waals surface area contributed by atoms with Crippen LogP contribution in [0.1, 0.15) is 15.9 Å². The quantitative estimate of drug-likeness (QED) is 0.515. The Morgan fingerprint density at radius 3 is 2.77 bits per heavy atom. The lowest BCUT2D eigenvalue weighted by Crippen LogP contribution is -2.42. The molecule has 1 aliphatic heterocycles. The Labute approximate surface area is 180 Å². The third kappa shape index (κ3) is 4.35. The topological polar surface area (TPSA) is 70.4 Å². The summed E-state index contributed by atoms with van der Waals surface area (Å²) in [5.74, 6) is 0.534. The lowest BCUT2D eigenvalue weighted by molar-refractivity contribution is 0.102. The van der Waals surface area contributed by atoms with Crippen LogP contribution in [-0.4, -0.2) is 42.0 Å². The number of furan rings is 1. The van der Waals surface area contributed by atoms with Crippen LogP contribution in [0.5, 0.6) is 0 Å². The van der Waals surface area contributed by atoms with Crippen LogP contribution in [0.4, 0.5) is 5.69 Å². The number of hydrogen-bond acceptors (Lipinski definition) is 5. The molecule has 0 atom stereocenters. The van der Waals surface area contributed by atoms with Crippen molar-refractivity contribution in [3.8, 4) is 11.3 Å². The van der Waals surface area contributed by atoms with E-state index in [4.69, 9.17) is 4.42 Å². The van der Waals surface area contributed by atoms with E-state index in [1.807, 2.05) is 36.4 Å². The number of pyridine rings is 1. The lowest BCUT2D eigenvalue weighted by Gasteiger charge is -2.27. The van der Waals surface area contributed by atoms with E-state index in [2.05, 4.69) is 32.7 Å². The number of piperazine rings is 1. The summed E-state index contributed by atoms with van der Waals surface area (Å²) >= 11 is 0. The molecule has 3 heterocycles. The van der Waals surface area contributed by atoms with Gasteiger partial charge in [-0.15, -0.1) is 0 Å². The van der Waals surface area contributed by atoms with Crippen molar-refractivity contribution in [2.24, 2.45) is 0 Å². The average Bonchev–Trinajstić information content (AvgIpc) is 3.24. The number of para-hydroxylation sites is 1. The Hall–Kier alpha value is -3.48. The average molecular weight is 412 g/mol. The van der Waals surface area contributed by atoms with Crippen LogP contribution in [0.15, 0.2) is 77.5 Å². The fourth-order valence-electron chi connectivity index (χ4n) is 3.95. The van der Waals surface area contributed by atoms with Gasteiger partial charge >= 0.3 is 0 Å². The van der Waals surface area contributed by atoms with E-state index in [1.165, 1.54) is 5.56 Å². The molecule has 5 rings (SSSR count). The molecule has 0 bridgehead atoms. The van der Waals surface area contributed by atoms with E-state index in [-0.39, 0.29) is 5.91 Å². The zero-order chi connectivity index (χ0) is 21.0. The first-order chi connectivity index (χ1) is 15.3. The predicted octanol–water partition coefficient (Wildman–Crippen LogP) is 4.15. The number of carbonyl (C=O) groups is 1. The lowest BCUT2D eigenvalue weighted by atomic mass is 10.1. The number of nitrogens with one attached hydrogen (secondary N) is 2. The second-order valence-corrected chi connectivity index (χ2v) is 7.75. The minimum atomic E-state index is -0.199. The molecule has 0 radical (unpaired) electrons. The maximum atomic E-state index is 12.6. The minimum Gasteiger partial charge on any atom is -0.456 e. The fraction of sp³-hybridized carbons (Fsp3) is 0.200. The van der Waals surface area contributed by atoms with Gasteiger partial charge in [0.05, 0.1) is 11.3 Å². The number of carbonyl (C=O) groups excluding carboxylic acids is 1. The molecule has 1 fully saturated rings. The van der Waals surface area contributed by atoms with E-state index in [0.29, 0.717) is 11.3 Å². The number of nitrogens with zero attached hydrogens (tertiary/aromatic N) is 2. The molecular weight excluding hydrogens is 388 g/mol. The number of hydrogen-bond donors (Lipinski definition) is 2. The summed E-state index contributed by atoms with van der Waals surface area (Å²) in [6.07, 6.45) is 3.20. The fourth-order valence-corrected chi connectivity index (χ4v) is 3.95. The molecule has 156 valence electrons. The smallest absolute Gasteiger partial charge is 0.257 e. The summed E-state index contributed by atoms with van der Waals surface area (Å²) in [6, 6.07) is 19.6. The van der Waals surface area contributed by atoms with Crippen molar-refractivity contribution in [3.63, 3.8) is 0 Å². The van der Waals surface area contributed by atoms with E-state index in [9.17, 15) is 4.79 Å². The van der Waals surface area contributed by atoms with Gasteiger partial charge in [-0.1, -0.05) is 18.2 Å². The highest BCUT2D eigenvalue weighted by Crippen LogP contribution is 2.33. The third-order valence-electron chi connectivity index (χ3n) is 5.56. The Balaban J connectivity index is 1.41. The molecule has 2 N–H and O–H groups in total. The van der Waals surface area contributed by atoms with Crippen LogP contribution in [-0.2, 0) is 6.54 Å². The second kappa shape index (κ2) is 8.71. The van der Waals surface area contributed by atoms with Gasteiger partial charge in [0.2, 0.25) is 0 Å². The molecule has 0 aliphatic carbocycles. The summed E-state index contributed by atoms with van der Waals surface area (Å²) < 4.78 is 6.14. The molecule has 6 heteroatoms. The van der Waals surface area contributed by atoms with Crippen molar-refractivity contribution in [1.29, 1.82) is 0 Å². The molecule has 0 saturated carbocycles. The molecule has 2 aromatic heterocycles. The SMILES string of the molecule is O=C(Nc1ccccc1-c1cc2cc(CN3CCNCC3)ccc2o1)c1cccnc1. The molecule has 31 heavy (non-hydrogen) atoms. The van der Waals surface area contributed by atoms with Gasteiger partial charge in [0.25, 0.3) is 5.91 Å². The highest BCUT2D eigenvalue weighted by Gasteiger charge is 2.15. The van der Waals surface area contributed by atoms with Crippen LogP contribution >= 0.6 is 0 Å².